The van der Waals surface area contributed by atoms with Crippen molar-refractivity contribution in [2.75, 3.05) is 19.7 Å². The third-order valence-electron chi connectivity index (χ3n) is 3.73. The molecule has 1 atom stereocenters. The van der Waals surface area contributed by atoms with E-state index in [0.717, 1.165) is 25.0 Å². The van der Waals surface area contributed by atoms with Crippen LogP contribution in [0.3, 0.4) is 0 Å². The van der Waals surface area contributed by atoms with Crippen molar-refractivity contribution in [3.05, 3.63) is 30.1 Å². The van der Waals surface area contributed by atoms with Crippen LogP contribution in [-0.2, 0) is 20.9 Å². The molecular formula is C16H23N3O3. The number of hydrogen-bond acceptors (Lipinski definition) is 4. The predicted molar refractivity (Wildman–Crippen MR) is 81.9 cm³/mol. The van der Waals surface area contributed by atoms with Crippen LogP contribution in [0.1, 0.15) is 31.7 Å². The van der Waals surface area contributed by atoms with Crippen LogP contribution in [0.5, 0.6) is 0 Å². The zero-order chi connectivity index (χ0) is 15.8. The highest BCUT2D eigenvalue weighted by atomic mass is 16.5. The van der Waals surface area contributed by atoms with E-state index in [1.165, 1.54) is 6.92 Å². The smallest absolute Gasteiger partial charge is 0.221 e. The van der Waals surface area contributed by atoms with Gasteiger partial charge < -0.3 is 15.0 Å². The minimum atomic E-state index is -0.0449. The molecule has 0 saturated carbocycles. The molecule has 1 saturated heterocycles. The lowest BCUT2D eigenvalue weighted by molar-refractivity contribution is -0.130. The Morgan fingerprint density at radius 2 is 2.18 bits per heavy atom. The van der Waals surface area contributed by atoms with Gasteiger partial charge in [-0.25, -0.2) is 0 Å². The van der Waals surface area contributed by atoms with Gasteiger partial charge in [-0.3, -0.25) is 14.6 Å². The fraction of sp³-hybridized carbons (Fsp3) is 0.562. The molecule has 22 heavy (non-hydrogen) atoms. The van der Waals surface area contributed by atoms with E-state index in [1.54, 1.807) is 17.3 Å². The third-order valence-corrected chi connectivity index (χ3v) is 3.73. The number of carbonyl (C=O) groups is 2. The summed E-state index contributed by atoms with van der Waals surface area (Å²) in [6.07, 6.45) is 5.90. The highest BCUT2D eigenvalue weighted by Gasteiger charge is 2.17. The molecule has 1 aromatic rings. The standard InChI is InChI=1S/C16H23N3O3/c1-13(20)19(12-14-4-7-17-8-5-14)9-6-16(21)18-11-15-3-2-10-22-15/h4-5,7-8,15H,2-3,6,9-12H2,1H3,(H,18,21). The van der Waals surface area contributed by atoms with Crippen molar-refractivity contribution >= 4 is 11.8 Å². The average molecular weight is 305 g/mol. The summed E-state index contributed by atoms with van der Waals surface area (Å²) in [6, 6.07) is 3.74. The second-order valence-electron chi connectivity index (χ2n) is 5.49. The summed E-state index contributed by atoms with van der Waals surface area (Å²) in [7, 11) is 0. The molecule has 1 aromatic heterocycles. The summed E-state index contributed by atoms with van der Waals surface area (Å²) in [5.41, 5.74) is 1.00. The third kappa shape index (κ3) is 5.44. The Balaban J connectivity index is 1.73. The van der Waals surface area contributed by atoms with Crippen LogP contribution in [-0.4, -0.2) is 47.5 Å². The van der Waals surface area contributed by atoms with Crippen molar-refractivity contribution in [1.29, 1.82) is 0 Å². The molecule has 0 aromatic carbocycles. The number of amides is 2. The van der Waals surface area contributed by atoms with Crippen LogP contribution >= 0.6 is 0 Å². The van der Waals surface area contributed by atoms with Gasteiger partial charge >= 0.3 is 0 Å². The van der Waals surface area contributed by atoms with Gasteiger partial charge in [-0.1, -0.05) is 0 Å². The zero-order valence-corrected chi connectivity index (χ0v) is 13.0. The molecule has 6 nitrogen and oxygen atoms in total. The van der Waals surface area contributed by atoms with E-state index in [1.807, 2.05) is 12.1 Å². The van der Waals surface area contributed by atoms with Crippen molar-refractivity contribution in [1.82, 2.24) is 15.2 Å². The lowest BCUT2D eigenvalue weighted by atomic mass is 10.2. The second kappa shape index (κ2) is 8.48. The molecule has 1 aliphatic rings. The van der Waals surface area contributed by atoms with E-state index < -0.39 is 0 Å². The van der Waals surface area contributed by atoms with Gasteiger partial charge in [-0.2, -0.15) is 0 Å². The molecule has 2 heterocycles. The molecule has 1 aliphatic heterocycles. The highest BCUT2D eigenvalue weighted by molar-refractivity contribution is 5.78. The van der Waals surface area contributed by atoms with Crippen molar-refractivity contribution < 1.29 is 14.3 Å². The first-order valence-corrected chi connectivity index (χ1v) is 7.68. The summed E-state index contributed by atoms with van der Waals surface area (Å²) < 4.78 is 5.46. The van der Waals surface area contributed by atoms with E-state index in [0.29, 0.717) is 26.1 Å². The van der Waals surface area contributed by atoms with Crippen molar-refractivity contribution in [2.24, 2.45) is 0 Å². The SMILES string of the molecule is CC(=O)N(CCC(=O)NCC1CCCO1)Cc1ccncc1. The number of carbonyl (C=O) groups excluding carboxylic acids is 2. The summed E-state index contributed by atoms with van der Waals surface area (Å²) >= 11 is 0. The highest BCUT2D eigenvalue weighted by Crippen LogP contribution is 2.10. The molecule has 1 N–H and O–H groups in total. The van der Waals surface area contributed by atoms with Crippen LogP contribution in [0, 0.1) is 0 Å². The Hall–Kier alpha value is -1.95. The largest absolute Gasteiger partial charge is 0.376 e. The molecule has 0 bridgehead atoms. The van der Waals surface area contributed by atoms with Gasteiger partial charge in [0.25, 0.3) is 0 Å². The van der Waals surface area contributed by atoms with Gasteiger partial charge in [0.05, 0.1) is 6.10 Å². The first-order chi connectivity index (χ1) is 10.6. The average Bonchev–Trinajstić information content (AvgIpc) is 3.03. The molecule has 1 unspecified atom stereocenters. The molecule has 0 radical (unpaired) electrons. The number of rotatable bonds is 7. The van der Waals surface area contributed by atoms with Crippen molar-refractivity contribution in [2.45, 2.75) is 38.8 Å². The lowest BCUT2D eigenvalue weighted by Crippen LogP contribution is -2.36. The topological polar surface area (TPSA) is 71.5 Å². The first kappa shape index (κ1) is 16.4. The number of aromatic nitrogens is 1. The molecule has 0 spiro atoms. The van der Waals surface area contributed by atoms with E-state index >= 15 is 0 Å². The molecule has 1 fully saturated rings. The predicted octanol–water partition coefficient (Wildman–Crippen LogP) is 1.12. The molecule has 0 aliphatic carbocycles. The maximum Gasteiger partial charge on any atom is 0.221 e. The summed E-state index contributed by atoms with van der Waals surface area (Å²) in [5, 5.41) is 2.87. The van der Waals surface area contributed by atoms with Crippen LogP contribution in [0.25, 0.3) is 0 Å². The van der Waals surface area contributed by atoms with Crippen LogP contribution in [0.2, 0.25) is 0 Å². The number of ether oxygens (including phenoxy) is 1. The van der Waals surface area contributed by atoms with E-state index in [9.17, 15) is 9.59 Å². The Morgan fingerprint density at radius 1 is 1.41 bits per heavy atom. The van der Waals surface area contributed by atoms with Gasteiger partial charge in [0.1, 0.15) is 0 Å². The van der Waals surface area contributed by atoms with E-state index in [4.69, 9.17) is 4.74 Å². The molecule has 2 rings (SSSR count). The van der Waals surface area contributed by atoms with Crippen LogP contribution in [0.15, 0.2) is 24.5 Å². The van der Waals surface area contributed by atoms with Gasteiger partial charge in [0.15, 0.2) is 0 Å². The summed E-state index contributed by atoms with van der Waals surface area (Å²) in [4.78, 5) is 29.2. The molecule has 6 heteroatoms. The van der Waals surface area contributed by atoms with Gasteiger partial charge in [-0.05, 0) is 30.5 Å². The van der Waals surface area contributed by atoms with Crippen LogP contribution < -0.4 is 5.32 Å². The Bertz CT molecular complexity index is 487. The van der Waals surface area contributed by atoms with Gasteiger partial charge in [0.2, 0.25) is 11.8 Å². The fourth-order valence-corrected chi connectivity index (χ4v) is 2.41. The zero-order valence-electron chi connectivity index (χ0n) is 13.0. The molecular weight excluding hydrogens is 282 g/mol. The Kier molecular flexibility index (Phi) is 6.33. The number of hydrogen-bond donors (Lipinski definition) is 1. The minimum Gasteiger partial charge on any atom is -0.376 e. The minimum absolute atomic E-state index is 0.0382. The summed E-state index contributed by atoms with van der Waals surface area (Å²) in [6.45, 7) is 3.77. The maximum absolute atomic E-state index is 11.9. The molecule has 2 amide bonds. The Labute approximate surface area is 130 Å². The number of nitrogens with one attached hydrogen (secondary N) is 1. The molecule has 120 valence electrons. The monoisotopic (exact) mass is 305 g/mol. The quantitative estimate of drug-likeness (QED) is 0.819. The van der Waals surface area contributed by atoms with Gasteiger partial charge in [0, 0.05) is 52.0 Å². The van der Waals surface area contributed by atoms with Crippen molar-refractivity contribution in [3.8, 4) is 0 Å². The summed E-state index contributed by atoms with van der Waals surface area (Å²) in [5.74, 6) is -0.0831. The fourth-order valence-electron chi connectivity index (χ4n) is 2.41. The number of nitrogens with zero attached hydrogens (tertiary/aromatic N) is 2. The lowest BCUT2D eigenvalue weighted by Gasteiger charge is -2.21. The second-order valence-corrected chi connectivity index (χ2v) is 5.49. The van der Waals surface area contributed by atoms with Crippen molar-refractivity contribution in [3.63, 3.8) is 0 Å². The number of pyridine rings is 1. The van der Waals surface area contributed by atoms with Crippen LogP contribution in [0.4, 0.5) is 0 Å². The Morgan fingerprint density at radius 3 is 2.82 bits per heavy atom. The normalized spacial score (nSPS) is 17.2. The van der Waals surface area contributed by atoms with Gasteiger partial charge in [-0.15, -0.1) is 0 Å². The maximum atomic E-state index is 11.9. The first-order valence-electron chi connectivity index (χ1n) is 7.68. The van der Waals surface area contributed by atoms with E-state index in [2.05, 4.69) is 10.3 Å². The van der Waals surface area contributed by atoms with E-state index in [-0.39, 0.29) is 17.9 Å².